The van der Waals surface area contributed by atoms with E-state index in [-0.39, 0.29) is 0 Å². The molecule has 0 bridgehead atoms. The second-order valence-electron chi connectivity index (χ2n) is 3.74. The van der Waals surface area contributed by atoms with E-state index in [1.807, 2.05) is 6.92 Å². The first-order chi connectivity index (χ1) is 8.18. The summed E-state index contributed by atoms with van der Waals surface area (Å²) in [6.07, 6.45) is 3.27. The van der Waals surface area contributed by atoms with Crippen LogP contribution in [-0.2, 0) is 7.05 Å². The number of hydrogen-bond donors (Lipinski definition) is 1. The molecule has 0 amide bonds. The lowest BCUT2D eigenvalue weighted by Crippen LogP contribution is -2.05. The standard InChI is InChI=1S/C9H10N8/c1-5-7(10)6-3-11-4-17(6)13-8(5)9-12-14-15-16(9)2/h3-4H,10H2,1-2H3. The van der Waals surface area contributed by atoms with Gasteiger partial charge in [-0.2, -0.15) is 5.10 Å². The lowest BCUT2D eigenvalue weighted by atomic mass is 10.2. The molecule has 0 aliphatic rings. The normalized spacial score (nSPS) is 11.2. The number of aromatic nitrogens is 7. The van der Waals surface area contributed by atoms with Crippen molar-refractivity contribution in [1.29, 1.82) is 0 Å². The molecular weight excluding hydrogens is 220 g/mol. The van der Waals surface area contributed by atoms with E-state index in [1.54, 1.807) is 28.8 Å². The van der Waals surface area contributed by atoms with Gasteiger partial charge in [0.2, 0.25) is 5.82 Å². The zero-order valence-corrected chi connectivity index (χ0v) is 9.36. The molecule has 0 saturated carbocycles. The van der Waals surface area contributed by atoms with Crippen LogP contribution in [0.3, 0.4) is 0 Å². The predicted octanol–water partition coefficient (Wildman–Crippen LogP) is -0.190. The maximum atomic E-state index is 6.04. The van der Waals surface area contributed by atoms with Crippen molar-refractivity contribution in [2.24, 2.45) is 7.05 Å². The Balaban J connectivity index is 2.37. The average molecular weight is 230 g/mol. The largest absolute Gasteiger partial charge is 0.397 e. The van der Waals surface area contributed by atoms with Crippen LogP contribution in [0.25, 0.3) is 17.0 Å². The van der Waals surface area contributed by atoms with E-state index in [4.69, 9.17) is 5.73 Å². The van der Waals surface area contributed by atoms with E-state index in [1.165, 1.54) is 0 Å². The third-order valence-electron chi connectivity index (χ3n) is 2.69. The van der Waals surface area contributed by atoms with Gasteiger partial charge in [-0.05, 0) is 17.4 Å². The molecule has 0 aromatic carbocycles. The number of anilines is 1. The van der Waals surface area contributed by atoms with Gasteiger partial charge in [0.25, 0.3) is 0 Å². The summed E-state index contributed by atoms with van der Waals surface area (Å²) in [6, 6.07) is 0. The van der Waals surface area contributed by atoms with Gasteiger partial charge in [0.1, 0.15) is 17.5 Å². The highest BCUT2D eigenvalue weighted by Crippen LogP contribution is 2.25. The van der Waals surface area contributed by atoms with Gasteiger partial charge in [-0.1, -0.05) is 0 Å². The topological polar surface area (TPSA) is 99.8 Å². The third-order valence-corrected chi connectivity index (χ3v) is 2.69. The van der Waals surface area contributed by atoms with Crippen LogP contribution in [0.2, 0.25) is 0 Å². The molecule has 0 fully saturated rings. The molecule has 3 rings (SSSR count). The monoisotopic (exact) mass is 230 g/mol. The molecule has 17 heavy (non-hydrogen) atoms. The van der Waals surface area contributed by atoms with Crippen LogP contribution in [0.5, 0.6) is 0 Å². The van der Waals surface area contributed by atoms with Crippen LogP contribution in [0.4, 0.5) is 5.69 Å². The minimum Gasteiger partial charge on any atom is -0.397 e. The molecule has 0 saturated heterocycles. The zero-order valence-electron chi connectivity index (χ0n) is 9.36. The van der Waals surface area contributed by atoms with Gasteiger partial charge in [0.05, 0.1) is 11.9 Å². The fourth-order valence-electron chi connectivity index (χ4n) is 1.71. The Morgan fingerprint density at radius 3 is 2.88 bits per heavy atom. The fraction of sp³-hybridized carbons (Fsp3) is 0.222. The van der Waals surface area contributed by atoms with Crippen LogP contribution in [0.1, 0.15) is 5.56 Å². The Labute approximate surface area is 96.1 Å². The molecule has 0 aliphatic carbocycles. The van der Waals surface area contributed by atoms with E-state index in [9.17, 15) is 0 Å². The van der Waals surface area contributed by atoms with Crippen molar-refractivity contribution in [3.05, 3.63) is 18.1 Å². The zero-order chi connectivity index (χ0) is 12.0. The summed E-state index contributed by atoms with van der Waals surface area (Å²) in [5.41, 5.74) is 8.95. The Hall–Kier alpha value is -2.51. The first-order valence-corrected chi connectivity index (χ1v) is 4.99. The average Bonchev–Trinajstić information content (AvgIpc) is 2.92. The molecule has 86 valence electrons. The molecule has 8 heteroatoms. The molecule has 0 atom stereocenters. The van der Waals surface area contributed by atoms with Crippen molar-refractivity contribution in [3.8, 4) is 11.5 Å². The van der Waals surface area contributed by atoms with Crippen LogP contribution in [-0.4, -0.2) is 34.8 Å². The lowest BCUT2D eigenvalue weighted by molar-refractivity contribution is 0.712. The van der Waals surface area contributed by atoms with Gasteiger partial charge >= 0.3 is 0 Å². The second-order valence-corrected chi connectivity index (χ2v) is 3.74. The quantitative estimate of drug-likeness (QED) is 0.622. The maximum absolute atomic E-state index is 6.04. The van der Waals surface area contributed by atoms with Crippen molar-refractivity contribution >= 4 is 11.2 Å². The number of fused-ring (bicyclic) bond motifs is 1. The number of rotatable bonds is 1. The van der Waals surface area contributed by atoms with Crippen molar-refractivity contribution in [3.63, 3.8) is 0 Å². The van der Waals surface area contributed by atoms with E-state index in [0.717, 1.165) is 11.1 Å². The molecule has 3 heterocycles. The van der Waals surface area contributed by atoms with Gasteiger partial charge in [-0.25, -0.2) is 14.2 Å². The van der Waals surface area contributed by atoms with Crippen molar-refractivity contribution < 1.29 is 0 Å². The number of tetrazole rings is 1. The second kappa shape index (κ2) is 3.24. The van der Waals surface area contributed by atoms with E-state index >= 15 is 0 Å². The number of nitrogens with zero attached hydrogens (tertiary/aromatic N) is 7. The van der Waals surface area contributed by atoms with Gasteiger partial charge < -0.3 is 5.73 Å². The molecule has 0 unspecified atom stereocenters. The molecular formula is C9H10N8. The van der Waals surface area contributed by atoms with Gasteiger partial charge in [0.15, 0.2) is 0 Å². The minimum atomic E-state index is 0.574. The Morgan fingerprint density at radius 2 is 2.18 bits per heavy atom. The molecule has 0 spiro atoms. The van der Waals surface area contributed by atoms with Gasteiger partial charge in [-0.3, -0.25) is 0 Å². The summed E-state index contributed by atoms with van der Waals surface area (Å²) in [7, 11) is 1.75. The Kier molecular flexibility index (Phi) is 1.85. The maximum Gasteiger partial charge on any atom is 0.202 e. The van der Waals surface area contributed by atoms with Crippen LogP contribution < -0.4 is 5.73 Å². The van der Waals surface area contributed by atoms with Crippen molar-refractivity contribution in [1.82, 2.24) is 34.8 Å². The predicted molar refractivity (Wildman–Crippen MR) is 59.9 cm³/mol. The van der Waals surface area contributed by atoms with E-state index < -0.39 is 0 Å². The highest BCUT2D eigenvalue weighted by molar-refractivity contribution is 5.76. The highest BCUT2D eigenvalue weighted by Gasteiger charge is 2.15. The third kappa shape index (κ3) is 1.27. The number of aryl methyl sites for hydroxylation is 1. The smallest absolute Gasteiger partial charge is 0.202 e. The van der Waals surface area contributed by atoms with Crippen LogP contribution in [0.15, 0.2) is 12.5 Å². The van der Waals surface area contributed by atoms with Gasteiger partial charge in [-0.15, -0.1) is 5.10 Å². The summed E-state index contributed by atoms with van der Waals surface area (Å²) in [5, 5.41) is 15.7. The minimum absolute atomic E-state index is 0.574. The molecule has 8 nitrogen and oxygen atoms in total. The number of imidazole rings is 1. The molecule has 3 aromatic heterocycles. The Morgan fingerprint density at radius 1 is 1.35 bits per heavy atom. The number of nitrogens with two attached hydrogens (primary N) is 1. The number of nitrogen functional groups attached to an aromatic ring is 1. The van der Waals surface area contributed by atoms with Crippen molar-refractivity contribution in [2.75, 3.05) is 5.73 Å². The summed E-state index contributed by atoms with van der Waals surface area (Å²) < 4.78 is 3.17. The molecule has 3 aromatic rings. The SMILES string of the molecule is Cc1c(-c2nnnn2C)nn2cncc2c1N. The summed E-state index contributed by atoms with van der Waals surface area (Å²) in [4.78, 5) is 4.01. The van der Waals surface area contributed by atoms with Crippen LogP contribution in [0, 0.1) is 6.92 Å². The first-order valence-electron chi connectivity index (χ1n) is 4.99. The molecule has 0 radical (unpaired) electrons. The lowest BCUT2D eigenvalue weighted by Gasteiger charge is -2.07. The van der Waals surface area contributed by atoms with E-state index in [2.05, 4.69) is 25.6 Å². The van der Waals surface area contributed by atoms with Crippen molar-refractivity contribution in [2.45, 2.75) is 6.92 Å². The number of hydrogen-bond acceptors (Lipinski definition) is 6. The van der Waals surface area contributed by atoms with Gasteiger partial charge in [0, 0.05) is 12.6 Å². The summed E-state index contributed by atoms with van der Waals surface area (Å²) >= 11 is 0. The molecule has 0 aliphatic heterocycles. The summed E-state index contributed by atoms with van der Waals surface area (Å²) in [5.74, 6) is 0.574. The molecule has 2 N–H and O–H groups in total. The Bertz CT molecular complexity index is 694. The highest BCUT2D eigenvalue weighted by atomic mass is 15.5. The summed E-state index contributed by atoms with van der Waals surface area (Å²) in [6.45, 7) is 1.89. The van der Waals surface area contributed by atoms with Crippen LogP contribution >= 0.6 is 0 Å². The fourth-order valence-corrected chi connectivity index (χ4v) is 1.71. The first kappa shape index (κ1) is 9.70. The van der Waals surface area contributed by atoms with E-state index in [0.29, 0.717) is 17.2 Å².